The number of benzene rings is 1. The van der Waals surface area contributed by atoms with Crippen LogP contribution in [-0.4, -0.2) is 22.1 Å². The molecule has 0 bridgehead atoms. The zero-order chi connectivity index (χ0) is 12.1. The molecule has 1 unspecified atom stereocenters. The minimum atomic E-state index is -0.0823. The molecule has 2 rings (SSSR count). The second-order valence-electron chi connectivity index (χ2n) is 3.95. The van der Waals surface area contributed by atoms with Gasteiger partial charge in [0.25, 0.3) is 0 Å². The Morgan fingerprint density at radius 2 is 2.29 bits per heavy atom. The van der Waals surface area contributed by atoms with Gasteiger partial charge in [-0.25, -0.2) is 4.98 Å². The number of rotatable bonds is 5. The Kier molecular flexibility index (Phi) is 3.73. The summed E-state index contributed by atoms with van der Waals surface area (Å²) in [7, 11) is 0. The largest absolute Gasteiger partial charge is 0.330 e. The molecule has 0 saturated carbocycles. The van der Waals surface area contributed by atoms with Gasteiger partial charge in [0.05, 0.1) is 29.5 Å². The molecule has 0 aliphatic heterocycles. The van der Waals surface area contributed by atoms with Crippen LogP contribution in [0.15, 0.2) is 30.6 Å². The average Bonchev–Trinajstić information content (AvgIpc) is 2.78. The second kappa shape index (κ2) is 5.46. The van der Waals surface area contributed by atoms with E-state index < -0.39 is 0 Å². The van der Waals surface area contributed by atoms with Crippen molar-refractivity contribution in [3.63, 3.8) is 0 Å². The molecule has 2 aromatic rings. The second-order valence-corrected chi connectivity index (χ2v) is 3.95. The standard InChI is InChI=1S/C13H16N4/c1-2-15-11(9-14)7-8-17-10-16-12-5-3-4-6-13(12)17/h3-6,10-11,15H,2,7-8H2,1H3. The molecule has 0 fully saturated rings. The quantitative estimate of drug-likeness (QED) is 0.850. The molecule has 1 aromatic carbocycles. The summed E-state index contributed by atoms with van der Waals surface area (Å²) < 4.78 is 2.09. The number of nitrogens with zero attached hydrogens (tertiary/aromatic N) is 3. The minimum Gasteiger partial charge on any atom is -0.330 e. The molecule has 1 heterocycles. The predicted molar refractivity (Wildman–Crippen MR) is 67.4 cm³/mol. The van der Waals surface area contributed by atoms with Crippen molar-refractivity contribution in [2.45, 2.75) is 25.9 Å². The highest BCUT2D eigenvalue weighted by Gasteiger charge is 2.07. The number of hydrogen-bond acceptors (Lipinski definition) is 3. The van der Waals surface area contributed by atoms with Gasteiger partial charge in [-0.2, -0.15) is 5.26 Å². The number of aromatic nitrogens is 2. The van der Waals surface area contributed by atoms with Crippen molar-refractivity contribution in [1.29, 1.82) is 5.26 Å². The number of fused-ring (bicyclic) bond motifs is 1. The van der Waals surface area contributed by atoms with Gasteiger partial charge in [0, 0.05) is 6.54 Å². The van der Waals surface area contributed by atoms with Crippen molar-refractivity contribution in [2.75, 3.05) is 6.54 Å². The van der Waals surface area contributed by atoms with Crippen molar-refractivity contribution in [2.24, 2.45) is 0 Å². The lowest BCUT2D eigenvalue weighted by Gasteiger charge is -2.10. The Morgan fingerprint density at radius 3 is 3.06 bits per heavy atom. The molecule has 1 N–H and O–H groups in total. The van der Waals surface area contributed by atoms with Crippen LogP contribution >= 0.6 is 0 Å². The van der Waals surface area contributed by atoms with Crippen LogP contribution < -0.4 is 5.32 Å². The van der Waals surface area contributed by atoms with Gasteiger partial charge >= 0.3 is 0 Å². The third kappa shape index (κ3) is 2.63. The molecule has 4 nitrogen and oxygen atoms in total. The third-order valence-corrected chi connectivity index (χ3v) is 2.79. The first-order valence-corrected chi connectivity index (χ1v) is 5.88. The van der Waals surface area contributed by atoms with Gasteiger partial charge in [-0.1, -0.05) is 19.1 Å². The molecular formula is C13H16N4. The lowest BCUT2D eigenvalue weighted by molar-refractivity contribution is 0.534. The van der Waals surface area contributed by atoms with Crippen molar-refractivity contribution in [1.82, 2.24) is 14.9 Å². The van der Waals surface area contributed by atoms with Crippen LogP contribution in [-0.2, 0) is 6.54 Å². The van der Waals surface area contributed by atoms with Gasteiger partial charge in [0.15, 0.2) is 0 Å². The van der Waals surface area contributed by atoms with Gasteiger partial charge in [0.2, 0.25) is 0 Å². The number of nitriles is 1. The smallest absolute Gasteiger partial charge is 0.0969 e. The first-order valence-electron chi connectivity index (χ1n) is 5.88. The van der Waals surface area contributed by atoms with Crippen LogP contribution in [0.4, 0.5) is 0 Å². The fraction of sp³-hybridized carbons (Fsp3) is 0.385. The maximum absolute atomic E-state index is 8.96. The lowest BCUT2D eigenvalue weighted by atomic mass is 10.2. The predicted octanol–water partition coefficient (Wildman–Crippen LogP) is 1.93. The third-order valence-electron chi connectivity index (χ3n) is 2.79. The molecule has 0 saturated heterocycles. The summed E-state index contributed by atoms with van der Waals surface area (Å²) in [6, 6.07) is 10.2. The van der Waals surface area contributed by atoms with Crippen LogP contribution in [0.3, 0.4) is 0 Å². The monoisotopic (exact) mass is 228 g/mol. The van der Waals surface area contributed by atoms with E-state index >= 15 is 0 Å². The number of hydrogen-bond donors (Lipinski definition) is 1. The van der Waals surface area contributed by atoms with Crippen LogP contribution in [0, 0.1) is 11.3 Å². The lowest BCUT2D eigenvalue weighted by Crippen LogP contribution is -2.28. The highest BCUT2D eigenvalue weighted by Crippen LogP contribution is 2.12. The number of aryl methyl sites for hydroxylation is 1. The molecular weight excluding hydrogens is 212 g/mol. The number of para-hydroxylation sites is 2. The summed E-state index contributed by atoms with van der Waals surface area (Å²) in [5, 5.41) is 12.1. The van der Waals surface area contributed by atoms with Crippen LogP contribution in [0.25, 0.3) is 11.0 Å². The van der Waals surface area contributed by atoms with E-state index in [0.29, 0.717) is 0 Å². The molecule has 17 heavy (non-hydrogen) atoms. The normalized spacial score (nSPS) is 12.5. The van der Waals surface area contributed by atoms with Gasteiger partial charge in [-0.3, -0.25) is 0 Å². The van der Waals surface area contributed by atoms with Crippen LogP contribution in [0.1, 0.15) is 13.3 Å². The summed E-state index contributed by atoms with van der Waals surface area (Å²) in [6.07, 6.45) is 2.63. The Bertz CT molecular complexity index is 523. The molecule has 0 radical (unpaired) electrons. The number of imidazole rings is 1. The van der Waals surface area contributed by atoms with Crippen LogP contribution in [0.2, 0.25) is 0 Å². The molecule has 0 spiro atoms. The van der Waals surface area contributed by atoms with Gasteiger partial charge in [-0.15, -0.1) is 0 Å². The average molecular weight is 228 g/mol. The van der Waals surface area contributed by atoms with Gasteiger partial charge < -0.3 is 9.88 Å². The van der Waals surface area contributed by atoms with E-state index in [1.165, 1.54) is 0 Å². The molecule has 88 valence electrons. The van der Waals surface area contributed by atoms with Crippen molar-refractivity contribution < 1.29 is 0 Å². The SMILES string of the molecule is CCNC(C#N)CCn1cnc2ccccc21. The summed E-state index contributed by atoms with van der Waals surface area (Å²) in [5.74, 6) is 0. The molecule has 0 aliphatic carbocycles. The molecule has 0 amide bonds. The number of nitrogens with one attached hydrogen (secondary N) is 1. The van der Waals surface area contributed by atoms with Gasteiger partial charge in [-0.05, 0) is 25.1 Å². The van der Waals surface area contributed by atoms with Crippen molar-refractivity contribution >= 4 is 11.0 Å². The van der Waals surface area contributed by atoms with E-state index in [0.717, 1.165) is 30.5 Å². The van der Waals surface area contributed by atoms with Crippen LogP contribution in [0.5, 0.6) is 0 Å². The van der Waals surface area contributed by atoms with Gasteiger partial charge in [0.1, 0.15) is 0 Å². The Hall–Kier alpha value is -1.86. The maximum Gasteiger partial charge on any atom is 0.0969 e. The van der Waals surface area contributed by atoms with E-state index in [1.54, 1.807) is 0 Å². The summed E-state index contributed by atoms with van der Waals surface area (Å²) in [6.45, 7) is 3.64. The Morgan fingerprint density at radius 1 is 1.47 bits per heavy atom. The van der Waals surface area contributed by atoms with Crippen molar-refractivity contribution in [3.8, 4) is 6.07 Å². The topological polar surface area (TPSA) is 53.6 Å². The van der Waals surface area contributed by atoms with E-state index in [4.69, 9.17) is 5.26 Å². The first-order chi connectivity index (χ1) is 8.35. The minimum absolute atomic E-state index is 0.0823. The zero-order valence-corrected chi connectivity index (χ0v) is 9.93. The summed E-state index contributed by atoms with van der Waals surface area (Å²) in [5.41, 5.74) is 2.13. The van der Waals surface area contributed by atoms with E-state index in [9.17, 15) is 0 Å². The Balaban J connectivity index is 2.06. The molecule has 1 atom stereocenters. The first kappa shape index (κ1) is 11.6. The zero-order valence-electron chi connectivity index (χ0n) is 9.93. The molecule has 4 heteroatoms. The van der Waals surface area contributed by atoms with Crippen molar-refractivity contribution in [3.05, 3.63) is 30.6 Å². The Labute approximate surface area is 101 Å². The molecule has 1 aromatic heterocycles. The summed E-state index contributed by atoms with van der Waals surface area (Å²) >= 11 is 0. The summed E-state index contributed by atoms with van der Waals surface area (Å²) in [4.78, 5) is 4.33. The van der Waals surface area contributed by atoms with E-state index in [1.807, 2.05) is 31.5 Å². The molecule has 0 aliphatic rings. The maximum atomic E-state index is 8.96. The fourth-order valence-corrected chi connectivity index (χ4v) is 1.92. The highest BCUT2D eigenvalue weighted by atomic mass is 15.0. The highest BCUT2D eigenvalue weighted by molar-refractivity contribution is 5.74. The van der Waals surface area contributed by atoms with E-state index in [2.05, 4.69) is 27.0 Å². The fourth-order valence-electron chi connectivity index (χ4n) is 1.92. The van der Waals surface area contributed by atoms with E-state index in [-0.39, 0.29) is 6.04 Å².